The van der Waals surface area contributed by atoms with E-state index in [1.165, 1.54) is 0 Å². The fraction of sp³-hybridized carbons (Fsp3) is 0.400. The molecule has 8 nitrogen and oxygen atoms in total. The molecule has 0 aromatic carbocycles. The van der Waals surface area contributed by atoms with Gasteiger partial charge in [0.1, 0.15) is 5.52 Å². The smallest absolute Gasteiger partial charge is 0.157 e. The summed E-state index contributed by atoms with van der Waals surface area (Å²) >= 11 is 0. The second-order valence-electron chi connectivity index (χ2n) is 5.51. The van der Waals surface area contributed by atoms with E-state index in [1.807, 2.05) is 18.3 Å². The Balaban J connectivity index is 1.59. The van der Waals surface area contributed by atoms with E-state index in [-0.39, 0.29) is 6.10 Å². The highest BCUT2D eigenvalue weighted by molar-refractivity contribution is 5.72. The summed E-state index contributed by atoms with van der Waals surface area (Å²) in [6.45, 7) is 1.28. The van der Waals surface area contributed by atoms with E-state index < -0.39 is 0 Å². The molecule has 4 heterocycles. The topological polar surface area (TPSA) is 89.4 Å². The molecule has 0 amide bonds. The van der Waals surface area contributed by atoms with Crippen LogP contribution in [0.5, 0.6) is 0 Å². The Hall–Kier alpha value is -2.45. The van der Waals surface area contributed by atoms with Gasteiger partial charge in [0, 0.05) is 32.2 Å². The number of nitrogens with zero attached hydrogens (tertiary/aromatic N) is 4. The number of H-pyrrole nitrogens is 1. The highest BCUT2D eigenvalue weighted by Gasteiger charge is 2.20. The highest BCUT2D eigenvalue weighted by atomic mass is 16.5. The lowest BCUT2D eigenvalue weighted by Crippen LogP contribution is -1.98. The number of methoxy groups -OCH3 is 1. The Labute approximate surface area is 132 Å². The molecule has 2 N–H and O–H groups in total. The van der Waals surface area contributed by atoms with Crippen LogP contribution in [0.4, 0.5) is 11.6 Å². The first-order valence-corrected chi connectivity index (χ1v) is 7.59. The van der Waals surface area contributed by atoms with Gasteiger partial charge >= 0.3 is 0 Å². The minimum atomic E-state index is 0.116. The molecule has 1 saturated heterocycles. The van der Waals surface area contributed by atoms with Gasteiger partial charge in [0.05, 0.1) is 24.1 Å². The van der Waals surface area contributed by atoms with Gasteiger partial charge < -0.3 is 14.8 Å². The third-order valence-corrected chi connectivity index (χ3v) is 3.85. The van der Waals surface area contributed by atoms with E-state index in [0.717, 1.165) is 36.4 Å². The average molecular weight is 314 g/mol. The molecule has 1 fully saturated rings. The molecule has 1 atom stereocenters. The van der Waals surface area contributed by atoms with E-state index in [0.29, 0.717) is 18.2 Å². The second-order valence-corrected chi connectivity index (χ2v) is 5.51. The highest BCUT2D eigenvalue weighted by Crippen LogP contribution is 2.29. The molecule has 3 aromatic rings. The molecule has 0 spiro atoms. The lowest BCUT2D eigenvalue weighted by Gasteiger charge is -2.05. The first-order valence-electron chi connectivity index (χ1n) is 7.59. The van der Waals surface area contributed by atoms with Crippen LogP contribution >= 0.6 is 0 Å². The number of nitrogens with one attached hydrogen (secondary N) is 2. The van der Waals surface area contributed by atoms with E-state index in [1.54, 1.807) is 17.8 Å². The van der Waals surface area contributed by atoms with Gasteiger partial charge in [-0.2, -0.15) is 10.2 Å². The maximum atomic E-state index is 5.66. The number of hydrogen-bond acceptors (Lipinski definition) is 6. The van der Waals surface area contributed by atoms with Crippen molar-refractivity contribution in [2.75, 3.05) is 19.0 Å². The summed E-state index contributed by atoms with van der Waals surface area (Å²) in [7, 11) is 1.65. The number of anilines is 2. The Morgan fingerprint density at radius 2 is 2.43 bits per heavy atom. The predicted octanol–water partition coefficient (Wildman–Crippen LogP) is 2.19. The van der Waals surface area contributed by atoms with Crippen LogP contribution in [0.15, 0.2) is 24.5 Å². The van der Waals surface area contributed by atoms with Crippen molar-refractivity contribution in [3.63, 3.8) is 0 Å². The number of aromatic nitrogens is 5. The van der Waals surface area contributed by atoms with Crippen LogP contribution in [0, 0.1) is 0 Å². The molecular formula is C15H18N6O2. The summed E-state index contributed by atoms with van der Waals surface area (Å²) < 4.78 is 12.6. The fourth-order valence-electron chi connectivity index (χ4n) is 2.80. The van der Waals surface area contributed by atoms with Gasteiger partial charge in [0.2, 0.25) is 0 Å². The molecule has 0 saturated carbocycles. The Morgan fingerprint density at radius 3 is 3.26 bits per heavy atom. The molecular weight excluding hydrogens is 296 g/mol. The van der Waals surface area contributed by atoms with Crippen molar-refractivity contribution < 1.29 is 9.47 Å². The Bertz CT molecular complexity index is 805. The molecule has 1 aliphatic rings. The SMILES string of the molecule is COCc1cc2c(Nc3cc([C@H]4CCCO4)[nH]n3)nccn2n1. The van der Waals surface area contributed by atoms with Gasteiger partial charge in [-0.05, 0) is 18.9 Å². The lowest BCUT2D eigenvalue weighted by molar-refractivity contribution is 0.108. The molecule has 0 unspecified atom stereocenters. The van der Waals surface area contributed by atoms with Crippen molar-refractivity contribution >= 4 is 17.2 Å². The van der Waals surface area contributed by atoms with Crippen molar-refractivity contribution in [1.29, 1.82) is 0 Å². The molecule has 1 aliphatic heterocycles. The monoisotopic (exact) mass is 314 g/mol. The van der Waals surface area contributed by atoms with Crippen molar-refractivity contribution in [2.24, 2.45) is 0 Å². The van der Waals surface area contributed by atoms with Crippen LogP contribution in [-0.4, -0.2) is 38.5 Å². The van der Waals surface area contributed by atoms with Crippen molar-refractivity contribution in [2.45, 2.75) is 25.6 Å². The Morgan fingerprint density at radius 1 is 1.48 bits per heavy atom. The number of fused-ring (bicyclic) bond motifs is 1. The molecule has 3 aromatic heterocycles. The van der Waals surface area contributed by atoms with Crippen LogP contribution in [0.25, 0.3) is 5.52 Å². The van der Waals surface area contributed by atoms with Crippen LogP contribution in [0.1, 0.15) is 30.3 Å². The number of rotatable bonds is 5. The lowest BCUT2D eigenvalue weighted by atomic mass is 10.2. The van der Waals surface area contributed by atoms with Gasteiger partial charge in [-0.15, -0.1) is 0 Å². The first-order chi connectivity index (χ1) is 11.3. The zero-order valence-corrected chi connectivity index (χ0v) is 12.8. The van der Waals surface area contributed by atoms with Crippen LogP contribution in [0.2, 0.25) is 0 Å². The average Bonchev–Trinajstić information content (AvgIpc) is 3.27. The van der Waals surface area contributed by atoms with Gasteiger partial charge in [-0.25, -0.2) is 9.50 Å². The van der Waals surface area contributed by atoms with Gasteiger partial charge in [0.25, 0.3) is 0 Å². The van der Waals surface area contributed by atoms with Crippen molar-refractivity contribution in [3.05, 3.63) is 35.9 Å². The van der Waals surface area contributed by atoms with Crippen molar-refractivity contribution in [3.8, 4) is 0 Å². The molecule has 0 bridgehead atoms. The second kappa shape index (κ2) is 5.98. The van der Waals surface area contributed by atoms with E-state index in [4.69, 9.17) is 9.47 Å². The normalized spacial score (nSPS) is 17.9. The van der Waals surface area contributed by atoms with E-state index in [9.17, 15) is 0 Å². The quantitative estimate of drug-likeness (QED) is 0.750. The van der Waals surface area contributed by atoms with Gasteiger partial charge in [-0.1, -0.05) is 0 Å². The molecule has 0 aliphatic carbocycles. The summed E-state index contributed by atoms with van der Waals surface area (Å²) in [4.78, 5) is 4.38. The van der Waals surface area contributed by atoms with E-state index in [2.05, 4.69) is 25.6 Å². The fourth-order valence-corrected chi connectivity index (χ4v) is 2.80. The summed E-state index contributed by atoms with van der Waals surface area (Å²) in [5.74, 6) is 1.42. The summed E-state index contributed by atoms with van der Waals surface area (Å²) in [5.41, 5.74) is 2.72. The van der Waals surface area contributed by atoms with Crippen molar-refractivity contribution in [1.82, 2.24) is 24.8 Å². The van der Waals surface area contributed by atoms with Crippen LogP contribution < -0.4 is 5.32 Å². The maximum absolute atomic E-state index is 5.66. The van der Waals surface area contributed by atoms with Gasteiger partial charge in [-0.3, -0.25) is 5.10 Å². The molecule has 4 rings (SSSR count). The van der Waals surface area contributed by atoms with E-state index >= 15 is 0 Å². The van der Waals surface area contributed by atoms with Crippen LogP contribution in [0.3, 0.4) is 0 Å². The largest absolute Gasteiger partial charge is 0.378 e. The minimum Gasteiger partial charge on any atom is -0.378 e. The number of aromatic amines is 1. The number of hydrogen-bond donors (Lipinski definition) is 2. The standard InChI is InChI=1S/C15H18N6O2/c1-22-9-10-7-12-15(16-4-5-21(12)20-10)17-14-8-11(18-19-14)13-3-2-6-23-13/h4-5,7-8,13H,2-3,6,9H2,1H3,(H2,16,17,18,19)/t13-/m1/s1. The zero-order valence-electron chi connectivity index (χ0n) is 12.8. The summed E-state index contributed by atoms with van der Waals surface area (Å²) in [6, 6.07) is 3.92. The minimum absolute atomic E-state index is 0.116. The molecule has 23 heavy (non-hydrogen) atoms. The summed E-state index contributed by atoms with van der Waals surface area (Å²) in [5, 5.41) is 15.0. The molecule has 0 radical (unpaired) electrons. The van der Waals surface area contributed by atoms with Crippen LogP contribution in [-0.2, 0) is 16.1 Å². The third-order valence-electron chi connectivity index (χ3n) is 3.85. The first kappa shape index (κ1) is 14.2. The predicted molar refractivity (Wildman–Crippen MR) is 83.5 cm³/mol. The third kappa shape index (κ3) is 2.78. The number of ether oxygens (including phenoxy) is 2. The maximum Gasteiger partial charge on any atom is 0.157 e. The zero-order chi connectivity index (χ0) is 15.6. The summed E-state index contributed by atoms with van der Waals surface area (Å²) in [6.07, 6.45) is 5.74. The Kier molecular flexibility index (Phi) is 3.68. The molecule has 8 heteroatoms. The molecule has 120 valence electrons. The van der Waals surface area contributed by atoms with Gasteiger partial charge in [0.15, 0.2) is 11.6 Å².